The Kier molecular flexibility index (Phi) is 4.80. The minimum Gasteiger partial charge on any atom is -0.310 e. The van der Waals surface area contributed by atoms with Gasteiger partial charge in [-0.05, 0) is 29.5 Å². The second-order valence-electron chi connectivity index (χ2n) is 4.54. The molecular formula is C14H18N2S2. The first-order chi connectivity index (χ1) is 8.65. The van der Waals surface area contributed by atoms with Crippen LogP contribution in [0.15, 0.2) is 39.0 Å². The normalized spacial score (nSPS) is 11.1. The van der Waals surface area contributed by atoms with Crippen LogP contribution >= 0.6 is 23.1 Å². The summed E-state index contributed by atoms with van der Waals surface area (Å²) in [5.41, 5.74) is 2.49. The van der Waals surface area contributed by atoms with Gasteiger partial charge in [0.2, 0.25) is 0 Å². The maximum absolute atomic E-state index is 4.56. The average molecular weight is 278 g/mol. The largest absolute Gasteiger partial charge is 0.310 e. The van der Waals surface area contributed by atoms with Crippen LogP contribution in [0.5, 0.6) is 0 Å². The molecule has 2 rings (SSSR count). The molecule has 2 nitrogen and oxygen atoms in total. The van der Waals surface area contributed by atoms with Gasteiger partial charge >= 0.3 is 0 Å². The van der Waals surface area contributed by atoms with E-state index in [9.17, 15) is 0 Å². The molecule has 0 amide bonds. The molecule has 96 valence electrons. The van der Waals surface area contributed by atoms with Gasteiger partial charge in [0.05, 0.1) is 4.21 Å². The van der Waals surface area contributed by atoms with E-state index < -0.39 is 0 Å². The van der Waals surface area contributed by atoms with Crippen molar-refractivity contribution < 1.29 is 0 Å². The van der Waals surface area contributed by atoms with Gasteiger partial charge in [-0.15, -0.1) is 11.3 Å². The number of aryl methyl sites for hydroxylation is 1. The van der Waals surface area contributed by atoms with Crippen LogP contribution in [0.4, 0.5) is 0 Å². The second-order valence-corrected chi connectivity index (χ2v) is 6.77. The monoisotopic (exact) mass is 278 g/mol. The number of nitrogens with one attached hydrogen (secondary N) is 1. The fourth-order valence-electron chi connectivity index (χ4n) is 1.56. The summed E-state index contributed by atoms with van der Waals surface area (Å²) in [6, 6.07) is 6.93. The van der Waals surface area contributed by atoms with Gasteiger partial charge in [-0.25, -0.2) is 4.98 Å². The summed E-state index contributed by atoms with van der Waals surface area (Å²) >= 11 is 3.50. The Morgan fingerprint density at radius 1 is 1.44 bits per heavy atom. The van der Waals surface area contributed by atoms with Gasteiger partial charge < -0.3 is 5.32 Å². The third kappa shape index (κ3) is 3.83. The van der Waals surface area contributed by atoms with Gasteiger partial charge in [-0.3, -0.25) is 0 Å². The van der Waals surface area contributed by atoms with Crippen molar-refractivity contribution in [1.29, 1.82) is 0 Å². The fourth-order valence-corrected chi connectivity index (χ4v) is 3.27. The van der Waals surface area contributed by atoms with E-state index in [1.165, 1.54) is 15.3 Å². The van der Waals surface area contributed by atoms with Crippen molar-refractivity contribution in [3.8, 4) is 0 Å². The zero-order valence-electron chi connectivity index (χ0n) is 10.9. The molecular weight excluding hydrogens is 260 g/mol. The molecule has 0 bridgehead atoms. The Bertz CT molecular complexity index is 493. The summed E-state index contributed by atoms with van der Waals surface area (Å²) in [6.45, 7) is 7.32. The first-order valence-corrected chi connectivity index (χ1v) is 7.75. The van der Waals surface area contributed by atoms with Crippen LogP contribution in [0.2, 0.25) is 0 Å². The van der Waals surface area contributed by atoms with Crippen LogP contribution < -0.4 is 5.32 Å². The maximum atomic E-state index is 4.56. The molecule has 0 unspecified atom stereocenters. The summed E-state index contributed by atoms with van der Waals surface area (Å²) in [5.74, 6) is 0. The van der Waals surface area contributed by atoms with Crippen LogP contribution in [0.25, 0.3) is 0 Å². The molecule has 1 N–H and O–H groups in total. The number of pyridine rings is 1. The molecule has 4 heteroatoms. The van der Waals surface area contributed by atoms with E-state index in [1.807, 2.05) is 6.20 Å². The number of hydrogen-bond donors (Lipinski definition) is 1. The van der Waals surface area contributed by atoms with E-state index >= 15 is 0 Å². The summed E-state index contributed by atoms with van der Waals surface area (Å²) < 4.78 is 1.29. The molecule has 2 aromatic heterocycles. The third-order valence-electron chi connectivity index (χ3n) is 2.49. The predicted molar refractivity (Wildman–Crippen MR) is 79.4 cm³/mol. The Morgan fingerprint density at radius 2 is 2.28 bits per heavy atom. The molecule has 2 heterocycles. The highest BCUT2D eigenvalue weighted by Crippen LogP contribution is 2.31. The van der Waals surface area contributed by atoms with Crippen molar-refractivity contribution in [1.82, 2.24) is 10.3 Å². The minimum atomic E-state index is 0.505. The third-order valence-corrected chi connectivity index (χ3v) is 4.65. The summed E-state index contributed by atoms with van der Waals surface area (Å²) in [7, 11) is 0. The first kappa shape index (κ1) is 13.6. The predicted octanol–water partition coefficient (Wildman–Crippen LogP) is 4.10. The lowest BCUT2D eigenvalue weighted by Crippen LogP contribution is -2.21. The van der Waals surface area contributed by atoms with Crippen molar-refractivity contribution >= 4 is 23.1 Å². The van der Waals surface area contributed by atoms with Gasteiger partial charge in [-0.1, -0.05) is 37.7 Å². The highest BCUT2D eigenvalue weighted by Gasteiger charge is 2.05. The Balaban J connectivity index is 2.05. The van der Waals surface area contributed by atoms with E-state index in [-0.39, 0.29) is 0 Å². The molecule has 0 aliphatic heterocycles. The molecule has 2 aromatic rings. The van der Waals surface area contributed by atoms with E-state index in [0.29, 0.717) is 6.04 Å². The highest BCUT2D eigenvalue weighted by atomic mass is 32.2. The quantitative estimate of drug-likeness (QED) is 0.891. The number of aromatic nitrogens is 1. The minimum absolute atomic E-state index is 0.505. The van der Waals surface area contributed by atoms with E-state index in [4.69, 9.17) is 0 Å². The molecule has 0 spiro atoms. The molecule has 0 atom stereocenters. The lowest BCUT2D eigenvalue weighted by molar-refractivity contribution is 0.587. The zero-order chi connectivity index (χ0) is 13.0. The van der Waals surface area contributed by atoms with Crippen molar-refractivity contribution in [2.45, 2.75) is 42.6 Å². The topological polar surface area (TPSA) is 24.9 Å². The summed E-state index contributed by atoms with van der Waals surface area (Å²) in [4.78, 5) is 4.56. The average Bonchev–Trinajstić information content (AvgIpc) is 2.82. The van der Waals surface area contributed by atoms with E-state index in [1.54, 1.807) is 23.1 Å². The standard InChI is InChI=1S/C14H18N2S2/c1-10(2)15-8-12-7-11(3)14(16-9-12)18-13-5-4-6-17-13/h4-7,9-10,15H,8H2,1-3H3. The molecule has 0 fully saturated rings. The van der Waals surface area contributed by atoms with Crippen LogP contribution in [0, 0.1) is 6.92 Å². The van der Waals surface area contributed by atoms with Gasteiger partial charge in [0.25, 0.3) is 0 Å². The first-order valence-electron chi connectivity index (χ1n) is 6.05. The highest BCUT2D eigenvalue weighted by molar-refractivity contribution is 8.01. The number of thiophene rings is 1. The Hall–Kier alpha value is -0.840. The zero-order valence-corrected chi connectivity index (χ0v) is 12.6. The Morgan fingerprint density at radius 3 is 2.89 bits per heavy atom. The van der Waals surface area contributed by atoms with Crippen molar-refractivity contribution in [3.63, 3.8) is 0 Å². The number of rotatable bonds is 5. The smallest absolute Gasteiger partial charge is 0.104 e. The van der Waals surface area contributed by atoms with Gasteiger partial charge in [0.15, 0.2) is 0 Å². The number of hydrogen-bond acceptors (Lipinski definition) is 4. The van der Waals surface area contributed by atoms with Gasteiger partial charge in [-0.2, -0.15) is 0 Å². The summed E-state index contributed by atoms with van der Waals surface area (Å²) in [6.07, 6.45) is 1.97. The molecule has 0 saturated heterocycles. The maximum Gasteiger partial charge on any atom is 0.104 e. The van der Waals surface area contributed by atoms with E-state index in [0.717, 1.165) is 11.6 Å². The van der Waals surface area contributed by atoms with Crippen molar-refractivity contribution in [2.24, 2.45) is 0 Å². The van der Waals surface area contributed by atoms with Crippen LogP contribution in [-0.2, 0) is 6.54 Å². The summed E-state index contributed by atoms with van der Waals surface area (Å²) in [5, 5.41) is 6.61. The second kappa shape index (κ2) is 6.36. The van der Waals surface area contributed by atoms with Crippen LogP contribution in [0.3, 0.4) is 0 Å². The SMILES string of the molecule is Cc1cc(CNC(C)C)cnc1Sc1cccs1. The molecule has 0 saturated carbocycles. The molecule has 0 radical (unpaired) electrons. The molecule has 0 aromatic carbocycles. The lowest BCUT2D eigenvalue weighted by Gasteiger charge is -2.09. The Labute approximate surface area is 117 Å². The van der Waals surface area contributed by atoms with Gasteiger partial charge in [0.1, 0.15) is 5.03 Å². The molecule has 0 aliphatic rings. The van der Waals surface area contributed by atoms with E-state index in [2.05, 4.69) is 54.7 Å². The molecule has 0 aliphatic carbocycles. The molecule has 18 heavy (non-hydrogen) atoms. The van der Waals surface area contributed by atoms with Crippen molar-refractivity contribution in [3.05, 3.63) is 40.9 Å². The number of nitrogens with zero attached hydrogens (tertiary/aromatic N) is 1. The fraction of sp³-hybridized carbons (Fsp3) is 0.357. The van der Waals surface area contributed by atoms with Crippen LogP contribution in [-0.4, -0.2) is 11.0 Å². The van der Waals surface area contributed by atoms with Crippen molar-refractivity contribution in [2.75, 3.05) is 0 Å². The van der Waals surface area contributed by atoms with Gasteiger partial charge in [0, 0.05) is 18.8 Å². The lowest BCUT2D eigenvalue weighted by atomic mass is 10.2. The van der Waals surface area contributed by atoms with Crippen LogP contribution in [0.1, 0.15) is 25.0 Å².